The molecule has 2 heterocycles. The van der Waals surface area contributed by atoms with Gasteiger partial charge in [0.2, 0.25) is 0 Å². The van der Waals surface area contributed by atoms with Crippen molar-refractivity contribution in [1.82, 2.24) is 9.78 Å². The first kappa shape index (κ1) is 10.2. The predicted molar refractivity (Wildman–Crippen MR) is 67.8 cm³/mol. The van der Waals surface area contributed by atoms with Gasteiger partial charge in [-0.05, 0) is 31.9 Å². The van der Waals surface area contributed by atoms with Crippen molar-refractivity contribution in [3.05, 3.63) is 46.2 Å². The predicted octanol–water partition coefficient (Wildman–Crippen LogP) is 1.91. The number of fused-ring (bicyclic) bond motifs is 1. The Labute approximate surface area is 99.3 Å². The molecular formula is C13H15N3O. The molecule has 1 aromatic heterocycles. The summed E-state index contributed by atoms with van der Waals surface area (Å²) < 4.78 is 1.61. The van der Waals surface area contributed by atoms with Gasteiger partial charge in [-0.25, -0.2) is 4.68 Å². The fourth-order valence-electron chi connectivity index (χ4n) is 2.26. The van der Waals surface area contributed by atoms with Crippen LogP contribution in [0.25, 0.3) is 5.69 Å². The summed E-state index contributed by atoms with van der Waals surface area (Å²) in [5.74, 6) is 0.873. The Bertz CT molecular complexity index is 582. The lowest BCUT2D eigenvalue weighted by Crippen LogP contribution is -2.24. The van der Waals surface area contributed by atoms with Crippen LogP contribution in [-0.2, 0) is 6.42 Å². The van der Waals surface area contributed by atoms with Crippen LogP contribution >= 0.6 is 0 Å². The van der Waals surface area contributed by atoms with Crippen LogP contribution in [-0.4, -0.2) is 15.8 Å². The minimum Gasteiger partial charge on any atom is -0.368 e. The molecule has 0 aliphatic carbocycles. The maximum atomic E-state index is 12.2. The van der Waals surface area contributed by atoms with Crippen molar-refractivity contribution in [2.75, 3.05) is 5.32 Å². The van der Waals surface area contributed by atoms with Gasteiger partial charge in [-0.3, -0.25) is 9.89 Å². The highest BCUT2D eigenvalue weighted by Gasteiger charge is 2.21. The van der Waals surface area contributed by atoms with E-state index in [9.17, 15) is 4.79 Å². The Hall–Kier alpha value is -1.97. The molecule has 3 rings (SSSR count). The number of aromatic amines is 1. The lowest BCUT2D eigenvalue weighted by Gasteiger charge is -2.19. The first-order valence-electron chi connectivity index (χ1n) is 5.91. The number of hydrogen-bond acceptors (Lipinski definition) is 2. The molecule has 0 spiro atoms. The smallest absolute Gasteiger partial charge is 0.276 e. The Morgan fingerprint density at radius 1 is 1.29 bits per heavy atom. The summed E-state index contributed by atoms with van der Waals surface area (Å²) in [7, 11) is 0. The lowest BCUT2D eigenvalue weighted by molar-refractivity contribution is 0.677. The largest absolute Gasteiger partial charge is 0.368 e. The number of H-pyrrole nitrogens is 1. The highest BCUT2D eigenvalue weighted by Crippen LogP contribution is 2.20. The molecule has 0 saturated carbocycles. The summed E-state index contributed by atoms with van der Waals surface area (Å²) in [6.07, 6.45) is 1.85. The molecule has 1 aromatic carbocycles. The van der Waals surface area contributed by atoms with Crippen LogP contribution in [0.15, 0.2) is 35.1 Å². The van der Waals surface area contributed by atoms with Gasteiger partial charge in [0.25, 0.3) is 5.56 Å². The van der Waals surface area contributed by atoms with E-state index in [-0.39, 0.29) is 5.56 Å². The highest BCUT2D eigenvalue weighted by atomic mass is 16.1. The molecule has 0 radical (unpaired) electrons. The van der Waals surface area contributed by atoms with Gasteiger partial charge in [0, 0.05) is 6.04 Å². The number of para-hydroxylation sites is 1. The number of benzene rings is 1. The van der Waals surface area contributed by atoms with E-state index in [4.69, 9.17) is 0 Å². The van der Waals surface area contributed by atoms with E-state index in [2.05, 4.69) is 17.3 Å². The zero-order chi connectivity index (χ0) is 11.8. The quantitative estimate of drug-likeness (QED) is 0.784. The molecule has 0 bridgehead atoms. The van der Waals surface area contributed by atoms with Crippen LogP contribution in [0.4, 0.5) is 5.82 Å². The summed E-state index contributed by atoms with van der Waals surface area (Å²) in [4.78, 5) is 12.2. The molecule has 1 aliphatic rings. The van der Waals surface area contributed by atoms with Crippen molar-refractivity contribution < 1.29 is 0 Å². The summed E-state index contributed by atoms with van der Waals surface area (Å²) in [5.41, 5.74) is 1.80. The van der Waals surface area contributed by atoms with Gasteiger partial charge in [0.05, 0.1) is 11.3 Å². The number of nitrogens with one attached hydrogen (secondary N) is 2. The van der Waals surface area contributed by atoms with Gasteiger partial charge in [0.1, 0.15) is 5.82 Å². The third kappa shape index (κ3) is 1.65. The third-order valence-electron chi connectivity index (χ3n) is 3.22. The number of rotatable bonds is 1. The Balaban J connectivity index is 2.12. The first-order chi connectivity index (χ1) is 8.25. The average molecular weight is 229 g/mol. The number of hydrogen-bond donors (Lipinski definition) is 2. The molecule has 2 N–H and O–H groups in total. The van der Waals surface area contributed by atoms with Crippen molar-refractivity contribution >= 4 is 5.82 Å². The van der Waals surface area contributed by atoms with Crippen LogP contribution in [0.5, 0.6) is 0 Å². The minimum absolute atomic E-state index is 0.0607. The minimum atomic E-state index is 0.0607. The Morgan fingerprint density at radius 3 is 2.82 bits per heavy atom. The summed E-state index contributed by atoms with van der Waals surface area (Å²) in [6.45, 7) is 2.13. The second kappa shape index (κ2) is 3.80. The topological polar surface area (TPSA) is 49.8 Å². The van der Waals surface area contributed by atoms with Gasteiger partial charge in [-0.1, -0.05) is 18.2 Å². The molecular weight excluding hydrogens is 214 g/mol. The van der Waals surface area contributed by atoms with E-state index in [1.165, 1.54) is 0 Å². The molecule has 1 unspecified atom stereocenters. The van der Waals surface area contributed by atoms with Gasteiger partial charge in [-0.15, -0.1) is 0 Å². The van der Waals surface area contributed by atoms with Crippen molar-refractivity contribution in [2.24, 2.45) is 0 Å². The molecule has 4 nitrogen and oxygen atoms in total. The maximum absolute atomic E-state index is 12.2. The van der Waals surface area contributed by atoms with Crippen molar-refractivity contribution in [2.45, 2.75) is 25.8 Å². The molecule has 0 saturated heterocycles. The zero-order valence-electron chi connectivity index (χ0n) is 9.73. The number of nitrogens with zero attached hydrogens (tertiary/aromatic N) is 1. The van der Waals surface area contributed by atoms with E-state index in [0.717, 1.165) is 29.9 Å². The SMILES string of the molecule is CC1CCc2c([nH]n(-c3ccccc3)c2=O)N1. The fourth-order valence-corrected chi connectivity index (χ4v) is 2.26. The highest BCUT2D eigenvalue weighted by molar-refractivity contribution is 5.48. The first-order valence-corrected chi connectivity index (χ1v) is 5.91. The van der Waals surface area contributed by atoms with Crippen molar-refractivity contribution in [1.29, 1.82) is 0 Å². The van der Waals surface area contributed by atoms with E-state index in [0.29, 0.717) is 6.04 Å². The van der Waals surface area contributed by atoms with E-state index in [1.54, 1.807) is 4.68 Å². The molecule has 0 amide bonds. The standard InChI is InChI=1S/C13H15N3O/c1-9-7-8-11-12(14-9)15-16(13(11)17)10-5-3-2-4-6-10/h2-6,9,14-15H,7-8H2,1H3. The molecule has 4 heteroatoms. The molecule has 2 aromatic rings. The van der Waals surface area contributed by atoms with E-state index < -0.39 is 0 Å². The van der Waals surface area contributed by atoms with Crippen molar-refractivity contribution in [3.8, 4) is 5.69 Å². The number of anilines is 1. The summed E-state index contributed by atoms with van der Waals surface area (Å²) >= 11 is 0. The second-order valence-corrected chi connectivity index (χ2v) is 4.53. The molecule has 88 valence electrons. The van der Waals surface area contributed by atoms with Gasteiger partial charge < -0.3 is 5.32 Å². The second-order valence-electron chi connectivity index (χ2n) is 4.53. The van der Waals surface area contributed by atoms with E-state index in [1.807, 2.05) is 30.3 Å². The zero-order valence-corrected chi connectivity index (χ0v) is 9.73. The average Bonchev–Trinajstić information content (AvgIpc) is 2.67. The van der Waals surface area contributed by atoms with Crippen LogP contribution in [0.1, 0.15) is 18.9 Å². The van der Waals surface area contributed by atoms with Crippen LogP contribution in [0.2, 0.25) is 0 Å². The third-order valence-corrected chi connectivity index (χ3v) is 3.22. The van der Waals surface area contributed by atoms with Crippen LogP contribution in [0, 0.1) is 0 Å². The van der Waals surface area contributed by atoms with E-state index >= 15 is 0 Å². The monoisotopic (exact) mass is 229 g/mol. The van der Waals surface area contributed by atoms with Gasteiger partial charge in [-0.2, -0.15) is 0 Å². The van der Waals surface area contributed by atoms with Gasteiger partial charge in [0.15, 0.2) is 0 Å². The summed E-state index contributed by atoms with van der Waals surface area (Å²) in [5, 5.41) is 6.46. The lowest BCUT2D eigenvalue weighted by atomic mass is 10.0. The van der Waals surface area contributed by atoms with Crippen LogP contribution in [0.3, 0.4) is 0 Å². The van der Waals surface area contributed by atoms with Gasteiger partial charge >= 0.3 is 0 Å². The normalized spacial score (nSPS) is 18.5. The summed E-state index contributed by atoms with van der Waals surface area (Å²) in [6, 6.07) is 10.1. The molecule has 1 atom stereocenters. The Kier molecular flexibility index (Phi) is 2.28. The molecule has 17 heavy (non-hydrogen) atoms. The molecule has 0 fully saturated rings. The molecule has 1 aliphatic heterocycles. The number of aromatic nitrogens is 2. The Morgan fingerprint density at radius 2 is 2.06 bits per heavy atom. The van der Waals surface area contributed by atoms with Crippen molar-refractivity contribution in [3.63, 3.8) is 0 Å². The maximum Gasteiger partial charge on any atom is 0.276 e. The van der Waals surface area contributed by atoms with Crippen LogP contribution < -0.4 is 10.9 Å². The fraction of sp³-hybridized carbons (Fsp3) is 0.308.